The molecule has 0 unspecified atom stereocenters. The van der Waals surface area contributed by atoms with Gasteiger partial charge in [-0.2, -0.15) is 0 Å². The Kier molecular flexibility index (Phi) is 11.1. The molecule has 0 bridgehead atoms. The second-order valence-corrected chi connectivity index (χ2v) is 5.31. The van der Waals surface area contributed by atoms with Gasteiger partial charge >= 0.3 is 0 Å². The molecular weight excluding hydrogens is 377 g/mol. The number of hydrogen-bond donors (Lipinski definition) is 2. The van der Waals surface area contributed by atoms with Crippen molar-refractivity contribution < 1.29 is 4.74 Å². The molecule has 0 radical (unpaired) electrons. The van der Waals surface area contributed by atoms with Gasteiger partial charge in [-0.05, 0) is 36.5 Å². The molecule has 21 heavy (non-hydrogen) atoms. The summed E-state index contributed by atoms with van der Waals surface area (Å²) in [5.41, 5.74) is 6.94. The molecule has 120 valence electrons. The summed E-state index contributed by atoms with van der Waals surface area (Å²) in [6.07, 6.45) is 2.10. The molecule has 1 aromatic rings. The Labute approximate surface area is 145 Å². The highest BCUT2D eigenvalue weighted by atomic mass is 127. The second-order valence-electron chi connectivity index (χ2n) is 5.31. The molecule has 0 heterocycles. The standard InChI is InChI=1S/C16H27N3O.HI/c1-4-10-20-15-7-5-6-14(11-15)12-19-16(17)18-9-8-13(2)3;/h5-7,11,13H,4,8-10,12H2,1-3H3,(H3,17,18,19);1H. The third-order valence-electron chi connectivity index (χ3n) is 2.83. The van der Waals surface area contributed by atoms with Crippen molar-refractivity contribution in [3.63, 3.8) is 0 Å². The van der Waals surface area contributed by atoms with Gasteiger partial charge in [-0.25, -0.2) is 4.99 Å². The number of hydrogen-bond acceptors (Lipinski definition) is 2. The molecule has 0 saturated heterocycles. The van der Waals surface area contributed by atoms with Crippen LogP contribution in [0.25, 0.3) is 0 Å². The molecule has 0 spiro atoms. The van der Waals surface area contributed by atoms with E-state index < -0.39 is 0 Å². The highest BCUT2D eigenvalue weighted by Gasteiger charge is 1.98. The van der Waals surface area contributed by atoms with Gasteiger partial charge in [-0.1, -0.05) is 32.9 Å². The van der Waals surface area contributed by atoms with E-state index in [1.165, 1.54) is 0 Å². The molecule has 0 fully saturated rings. The van der Waals surface area contributed by atoms with Gasteiger partial charge in [0.15, 0.2) is 5.96 Å². The minimum atomic E-state index is 0. The molecule has 5 heteroatoms. The minimum absolute atomic E-state index is 0. The van der Waals surface area contributed by atoms with E-state index in [9.17, 15) is 0 Å². The van der Waals surface area contributed by atoms with E-state index in [-0.39, 0.29) is 24.0 Å². The van der Waals surface area contributed by atoms with Crippen LogP contribution in [0.5, 0.6) is 5.75 Å². The number of halogens is 1. The first kappa shape index (κ1) is 20.0. The predicted octanol–water partition coefficient (Wildman–Crippen LogP) is 3.54. The van der Waals surface area contributed by atoms with Crippen LogP contribution in [-0.4, -0.2) is 19.1 Å². The highest BCUT2D eigenvalue weighted by Crippen LogP contribution is 2.14. The zero-order chi connectivity index (χ0) is 14.8. The normalized spacial score (nSPS) is 11.1. The summed E-state index contributed by atoms with van der Waals surface area (Å²) >= 11 is 0. The molecule has 0 atom stereocenters. The fraction of sp³-hybridized carbons (Fsp3) is 0.562. The minimum Gasteiger partial charge on any atom is -0.494 e. The average molecular weight is 405 g/mol. The van der Waals surface area contributed by atoms with E-state index in [4.69, 9.17) is 10.5 Å². The van der Waals surface area contributed by atoms with E-state index in [0.29, 0.717) is 18.4 Å². The van der Waals surface area contributed by atoms with Crippen molar-refractivity contribution in [1.82, 2.24) is 5.32 Å². The zero-order valence-corrected chi connectivity index (χ0v) is 15.6. The van der Waals surface area contributed by atoms with Crippen LogP contribution in [0, 0.1) is 5.92 Å². The van der Waals surface area contributed by atoms with Crippen LogP contribution >= 0.6 is 24.0 Å². The van der Waals surface area contributed by atoms with Crippen LogP contribution in [0.1, 0.15) is 39.2 Å². The van der Waals surface area contributed by atoms with Crippen molar-refractivity contribution in [2.24, 2.45) is 16.6 Å². The molecule has 3 N–H and O–H groups in total. The lowest BCUT2D eigenvalue weighted by atomic mass is 10.1. The van der Waals surface area contributed by atoms with E-state index in [0.717, 1.165) is 37.3 Å². The number of benzene rings is 1. The highest BCUT2D eigenvalue weighted by molar-refractivity contribution is 14.0. The van der Waals surface area contributed by atoms with Crippen molar-refractivity contribution >= 4 is 29.9 Å². The van der Waals surface area contributed by atoms with E-state index >= 15 is 0 Å². The van der Waals surface area contributed by atoms with Crippen LogP contribution < -0.4 is 15.8 Å². The number of rotatable bonds is 8. The maximum absolute atomic E-state index is 5.83. The number of aliphatic imine (C=N–C) groups is 1. The first-order chi connectivity index (χ1) is 9.61. The summed E-state index contributed by atoms with van der Waals surface area (Å²) < 4.78 is 5.60. The summed E-state index contributed by atoms with van der Waals surface area (Å²) in [6, 6.07) is 8.00. The van der Waals surface area contributed by atoms with Crippen molar-refractivity contribution in [3.8, 4) is 5.75 Å². The number of nitrogens with one attached hydrogen (secondary N) is 1. The van der Waals surface area contributed by atoms with Gasteiger partial charge in [0.1, 0.15) is 5.75 Å². The van der Waals surface area contributed by atoms with Gasteiger partial charge in [0.2, 0.25) is 0 Å². The SMILES string of the molecule is CCCOc1cccc(CN=C(N)NCCC(C)C)c1.I. The number of nitrogens with two attached hydrogens (primary N) is 1. The van der Waals surface area contributed by atoms with E-state index in [2.05, 4.69) is 31.1 Å². The van der Waals surface area contributed by atoms with Crippen LogP contribution in [0.15, 0.2) is 29.3 Å². The predicted molar refractivity (Wildman–Crippen MR) is 100 cm³/mol. The molecule has 0 aromatic heterocycles. The van der Waals surface area contributed by atoms with Crippen molar-refractivity contribution in [3.05, 3.63) is 29.8 Å². The fourth-order valence-corrected chi connectivity index (χ4v) is 1.67. The molecule has 1 aromatic carbocycles. The summed E-state index contributed by atoms with van der Waals surface area (Å²) in [5.74, 6) is 2.07. The smallest absolute Gasteiger partial charge is 0.188 e. The topological polar surface area (TPSA) is 59.6 Å². The molecule has 0 aliphatic carbocycles. The van der Waals surface area contributed by atoms with Crippen molar-refractivity contribution in [2.45, 2.75) is 40.2 Å². The Morgan fingerprint density at radius 1 is 1.38 bits per heavy atom. The number of nitrogens with zero attached hydrogens (tertiary/aromatic N) is 1. The van der Waals surface area contributed by atoms with Gasteiger partial charge < -0.3 is 15.8 Å². The number of guanidine groups is 1. The molecule has 0 amide bonds. The lowest BCUT2D eigenvalue weighted by Crippen LogP contribution is -2.32. The van der Waals surface area contributed by atoms with Crippen LogP contribution in [0.4, 0.5) is 0 Å². The van der Waals surface area contributed by atoms with Gasteiger partial charge in [-0.15, -0.1) is 24.0 Å². The third kappa shape index (κ3) is 9.55. The van der Waals surface area contributed by atoms with Gasteiger partial charge in [0, 0.05) is 6.54 Å². The lowest BCUT2D eigenvalue weighted by molar-refractivity contribution is 0.317. The quantitative estimate of drug-likeness (QED) is 0.395. The average Bonchev–Trinajstić information content (AvgIpc) is 2.43. The first-order valence-electron chi connectivity index (χ1n) is 7.37. The summed E-state index contributed by atoms with van der Waals surface area (Å²) in [4.78, 5) is 4.34. The maximum Gasteiger partial charge on any atom is 0.188 e. The Bertz CT molecular complexity index is 422. The molecule has 0 aliphatic heterocycles. The molecular formula is C16H28IN3O. The summed E-state index contributed by atoms with van der Waals surface area (Å²) in [6.45, 7) is 8.66. The molecule has 0 saturated carbocycles. The Hall–Kier alpha value is -0.980. The Morgan fingerprint density at radius 3 is 2.81 bits per heavy atom. The van der Waals surface area contributed by atoms with Gasteiger partial charge in [0.25, 0.3) is 0 Å². The van der Waals surface area contributed by atoms with Crippen molar-refractivity contribution in [1.29, 1.82) is 0 Å². The monoisotopic (exact) mass is 405 g/mol. The zero-order valence-electron chi connectivity index (χ0n) is 13.3. The second kappa shape index (κ2) is 11.7. The molecule has 0 aliphatic rings. The molecule has 4 nitrogen and oxygen atoms in total. The van der Waals surface area contributed by atoms with Crippen LogP contribution in [-0.2, 0) is 6.54 Å². The summed E-state index contributed by atoms with van der Waals surface area (Å²) in [5, 5.41) is 3.13. The summed E-state index contributed by atoms with van der Waals surface area (Å²) in [7, 11) is 0. The lowest BCUT2D eigenvalue weighted by Gasteiger charge is -2.08. The largest absolute Gasteiger partial charge is 0.494 e. The third-order valence-corrected chi connectivity index (χ3v) is 2.83. The first-order valence-corrected chi connectivity index (χ1v) is 7.37. The van der Waals surface area contributed by atoms with Gasteiger partial charge in [0.05, 0.1) is 13.2 Å². The number of ether oxygens (including phenoxy) is 1. The van der Waals surface area contributed by atoms with E-state index in [1.807, 2.05) is 24.3 Å². The fourth-order valence-electron chi connectivity index (χ4n) is 1.67. The Balaban J connectivity index is 0.00000400. The van der Waals surface area contributed by atoms with Gasteiger partial charge in [-0.3, -0.25) is 0 Å². The maximum atomic E-state index is 5.83. The molecule has 1 rings (SSSR count). The van der Waals surface area contributed by atoms with Crippen LogP contribution in [0.3, 0.4) is 0 Å². The van der Waals surface area contributed by atoms with Crippen LogP contribution in [0.2, 0.25) is 0 Å². The van der Waals surface area contributed by atoms with E-state index in [1.54, 1.807) is 0 Å². The van der Waals surface area contributed by atoms with Crippen molar-refractivity contribution in [2.75, 3.05) is 13.2 Å². The Morgan fingerprint density at radius 2 is 2.14 bits per heavy atom.